The van der Waals surface area contributed by atoms with Gasteiger partial charge < -0.3 is 1.43 Å². The summed E-state index contributed by atoms with van der Waals surface area (Å²) in [6.45, 7) is 3.35. The van der Waals surface area contributed by atoms with Gasteiger partial charge in [-0.2, -0.15) is 0 Å². The van der Waals surface area contributed by atoms with Crippen LogP contribution in [0.2, 0.25) is 0 Å². The SMILES string of the molecule is C=CCCl.[H-].[Na+]. The molecule has 0 aliphatic rings. The van der Waals surface area contributed by atoms with Crippen LogP contribution in [0.5, 0.6) is 0 Å². The molecule has 0 aromatic rings. The number of hydrogen-bond donors (Lipinski definition) is 0. The van der Waals surface area contributed by atoms with E-state index in [1.807, 2.05) is 0 Å². The third-order valence-electron chi connectivity index (χ3n) is 0.109. The van der Waals surface area contributed by atoms with E-state index in [4.69, 9.17) is 11.6 Å². The summed E-state index contributed by atoms with van der Waals surface area (Å²) in [7, 11) is 0. The van der Waals surface area contributed by atoms with E-state index >= 15 is 0 Å². The van der Waals surface area contributed by atoms with Crippen molar-refractivity contribution in [3.63, 3.8) is 0 Å². The molecule has 0 nitrogen and oxygen atoms in total. The second-order valence-electron chi connectivity index (χ2n) is 0.443. The molecule has 0 heterocycles. The van der Waals surface area contributed by atoms with Crippen LogP contribution in [-0.2, 0) is 0 Å². The minimum Gasteiger partial charge on any atom is -1.00 e. The molecule has 0 aliphatic carbocycles. The quantitative estimate of drug-likeness (QED) is 0.214. The molecule has 5 heavy (non-hydrogen) atoms. The fourth-order valence-corrected chi connectivity index (χ4v) is 0. The Hall–Kier alpha value is 1.03. The molecule has 0 saturated heterocycles. The maximum Gasteiger partial charge on any atom is 1.00 e. The van der Waals surface area contributed by atoms with Crippen LogP contribution in [0.4, 0.5) is 0 Å². The molecule has 0 amide bonds. The summed E-state index contributed by atoms with van der Waals surface area (Å²) in [5, 5.41) is 0. The third-order valence-corrected chi connectivity index (χ3v) is 0.327. The van der Waals surface area contributed by atoms with Crippen molar-refractivity contribution in [3.8, 4) is 0 Å². The average Bonchev–Trinajstić information content (AvgIpc) is 1.37. The van der Waals surface area contributed by atoms with E-state index in [9.17, 15) is 0 Å². The number of halogens is 1. The first-order valence-electron chi connectivity index (χ1n) is 1.08. The number of rotatable bonds is 1. The van der Waals surface area contributed by atoms with Crippen molar-refractivity contribution >= 4 is 11.6 Å². The Kier molecular flexibility index (Phi) is 16.7. The van der Waals surface area contributed by atoms with Gasteiger partial charge in [-0.25, -0.2) is 0 Å². The van der Waals surface area contributed by atoms with Crippen molar-refractivity contribution < 1.29 is 31.0 Å². The first-order chi connectivity index (χ1) is 1.91. The predicted octanol–water partition coefficient (Wildman–Crippen LogP) is -1.47. The zero-order chi connectivity index (χ0) is 3.41. The van der Waals surface area contributed by atoms with Gasteiger partial charge >= 0.3 is 29.6 Å². The molecule has 26 valence electrons. The van der Waals surface area contributed by atoms with Gasteiger partial charge in [-0.3, -0.25) is 0 Å². The Morgan fingerprint density at radius 1 is 2.00 bits per heavy atom. The molecule has 2 heteroatoms. The van der Waals surface area contributed by atoms with Gasteiger partial charge in [0.2, 0.25) is 0 Å². The van der Waals surface area contributed by atoms with Crippen LogP contribution in [0.3, 0.4) is 0 Å². The van der Waals surface area contributed by atoms with E-state index in [1.165, 1.54) is 0 Å². The Balaban J connectivity index is -0.0000000450. The summed E-state index contributed by atoms with van der Waals surface area (Å²) in [5.74, 6) is 0.556. The van der Waals surface area contributed by atoms with Gasteiger partial charge in [-0.1, -0.05) is 6.08 Å². The number of hydrogen-bond acceptors (Lipinski definition) is 0. The Bertz CT molecular complexity index is 24.8. The van der Waals surface area contributed by atoms with E-state index < -0.39 is 0 Å². The monoisotopic (exact) mass is 100 g/mol. The first-order valence-corrected chi connectivity index (χ1v) is 1.62. The summed E-state index contributed by atoms with van der Waals surface area (Å²) in [6.07, 6.45) is 1.64. The smallest absolute Gasteiger partial charge is 1.00 e. The Labute approximate surface area is 61.0 Å². The van der Waals surface area contributed by atoms with Crippen molar-refractivity contribution in [2.45, 2.75) is 0 Å². The van der Waals surface area contributed by atoms with Crippen LogP contribution in [-0.4, -0.2) is 5.88 Å². The fourth-order valence-electron chi connectivity index (χ4n) is 0. The fraction of sp³-hybridized carbons (Fsp3) is 0.333. The summed E-state index contributed by atoms with van der Waals surface area (Å²) in [6, 6.07) is 0. The molecule has 0 aromatic heterocycles. The summed E-state index contributed by atoms with van der Waals surface area (Å²) in [5.41, 5.74) is 0. The van der Waals surface area contributed by atoms with Crippen molar-refractivity contribution in [2.24, 2.45) is 0 Å². The van der Waals surface area contributed by atoms with E-state index in [1.54, 1.807) is 6.08 Å². The largest absolute Gasteiger partial charge is 1.00 e. The topological polar surface area (TPSA) is 0 Å². The molecule has 0 aliphatic heterocycles. The molecular formula is C3H6ClNa. The summed E-state index contributed by atoms with van der Waals surface area (Å²) >= 11 is 5.07. The van der Waals surface area contributed by atoms with Gasteiger partial charge in [0.05, 0.1) is 0 Å². The van der Waals surface area contributed by atoms with Gasteiger partial charge in [0.25, 0.3) is 0 Å². The van der Waals surface area contributed by atoms with Crippen molar-refractivity contribution in [1.82, 2.24) is 0 Å². The second kappa shape index (κ2) is 8.90. The summed E-state index contributed by atoms with van der Waals surface area (Å²) < 4.78 is 0. The normalized spacial score (nSPS) is 5.00. The van der Waals surface area contributed by atoms with E-state index in [0.717, 1.165) is 0 Å². The number of allylic oxidation sites excluding steroid dienone is 1. The minimum atomic E-state index is 0. The predicted molar refractivity (Wildman–Crippen MR) is 22.0 cm³/mol. The van der Waals surface area contributed by atoms with E-state index in [2.05, 4.69) is 6.58 Å². The van der Waals surface area contributed by atoms with Crippen LogP contribution < -0.4 is 29.6 Å². The van der Waals surface area contributed by atoms with Crippen LogP contribution in [0, 0.1) is 0 Å². The molecule has 0 saturated carbocycles. The zero-order valence-electron chi connectivity index (χ0n) is 4.37. The molecule has 0 radical (unpaired) electrons. The molecule has 0 spiro atoms. The molecule has 0 unspecified atom stereocenters. The van der Waals surface area contributed by atoms with Crippen LogP contribution in [0.1, 0.15) is 1.43 Å². The van der Waals surface area contributed by atoms with Gasteiger partial charge in [0.1, 0.15) is 0 Å². The van der Waals surface area contributed by atoms with Crippen molar-refractivity contribution in [2.75, 3.05) is 5.88 Å². The molecule has 0 rings (SSSR count). The second-order valence-corrected chi connectivity index (χ2v) is 0.752. The molecule has 0 bridgehead atoms. The van der Waals surface area contributed by atoms with Gasteiger partial charge in [0.15, 0.2) is 0 Å². The van der Waals surface area contributed by atoms with E-state index in [-0.39, 0.29) is 31.0 Å². The molecule has 0 fully saturated rings. The summed E-state index contributed by atoms with van der Waals surface area (Å²) in [4.78, 5) is 0. The maximum atomic E-state index is 5.07. The van der Waals surface area contributed by atoms with Gasteiger partial charge in [-0.15, -0.1) is 18.2 Å². The van der Waals surface area contributed by atoms with Crippen LogP contribution in [0.25, 0.3) is 0 Å². The molecule has 0 aromatic carbocycles. The van der Waals surface area contributed by atoms with Gasteiger partial charge in [-0.05, 0) is 0 Å². The maximum absolute atomic E-state index is 5.07. The van der Waals surface area contributed by atoms with Crippen LogP contribution >= 0.6 is 11.6 Å². The zero-order valence-corrected chi connectivity index (χ0v) is 6.13. The first kappa shape index (κ1) is 9.39. The Morgan fingerprint density at radius 2 is 2.20 bits per heavy atom. The molecular weight excluding hydrogens is 94.5 g/mol. The third kappa shape index (κ3) is 11.2. The Morgan fingerprint density at radius 3 is 2.20 bits per heavy atom. The van der Waals surface area contributed by atoms with Gasteiger partial charge in [0, 0.05) is 5.88 Å². The van der Waals surface area contributed by atoms with E-state index in [0.29, 0.717) is 5.88 Å². The molecule has 0 atom stereocenters. The van der Waals surface area contributed by atoms with Crippen LogP contribution in [0.15, 0.2) is 12.7 Å². The number of alkyl halides is 1. The average molecular weight is 101 g/mol. The van der Waals surface area contributed by atoms with Crippen molar-refractivity contribution in [3.05, 3.63) is 12.7 Å². The standard InChI is InChI=1S/C3H5Cl.Na.H/c1-2-3-4;;/h2H,1,3H2;;/q;+1;-1. The minimum absolute atomic E-state index is 0. The molecule has 0 N–H and O–H groups in total. The van der Waals surface area contributed by atoms with Crippen molar-refractivity contribution in [1.29, 1.82) is 0 Å².